The molecule has 1 heterocycles. The molecule has 0 radical (unpaired) electrons. The summed E-state index contributed by atoms with van der Waals surface area (Å²) in [5.41, 5.74) is 2.02. The van der Waals surface area contributed by atoms with Crippen LogP contribution in [0.3, 0.4) is 0 Å². The third-order valence-corrected chi connectivity index (χ3v) is 3.19. The number of hydrogen-bond donors (Lipinski definition) is 1. The number of aromatic hydroxyl groups is 1. The maximum atomic E-state index is 11.0. The Hall–Kier alpha value is -2.14. The van der Waals surface area contributed by atoms with E-state index < -0.39 is 0 Å². The highest BCUT2D eigenvalue weighted by Gasteiger charge is 2.18. The smallest absolute Gasteiger partial charge is 0.222 e. The van der Waals surface area contributed by atoms with Gasteiger partial charge in [-0.3, -0.25) is 9.36 Å². The molecule has 0 aliphatic rings. The van der Waals surface area contributed by atoms with Crippen LogP contribution in [0.5, 0.6) is 5.88 Å². The van der Waals surface area contributed by atoms with Crippen LogP contribution in [-0.4, -0.2) is 34.7 Å². The van der Waals surface area contributed by atoms with Gasteiger partial charge in [0, 0.05) is 25.8 Å². The van der Waals surface area contributed by atoms with Crippen molar-refractivity contribution >= 4 is 6.29 Å². The van der Waals surface area contributed by atoms with Gasteiger partial charge in [0.2, 0.25) is 5.88 Å². The Morgan fingerprint density at radius 1 is 1.40 bits per heavy atom. The first-order valence-electron chi connectivity index (χ1n) is 6.48. The number of methoxy groups -OCH3 is 1. The summed E-state index contributed by atoms with van der Waals surface area (Å²) in [6.45, 7) is 3.10. The number of rotatable bonds is 6. The van der Waals surface area contributed by atoms with Crippen LogP contribution in [0.1, 0.15) is 22.5 Å². The second-order valence-electron chi connectivity index (χ2n) is 4.58. The lowest BCUT2D eigenvalue weighted by molar-refractivity contribution is 0.111. The Kier molecular flexibility index (Phi) is 4.53. The summed E-state index contributed by atoms with van der Waals surface area (Å²) < 4.78 is 6.68. The Morgan fingerprint density at radius 2 is 2.15 bits per heavy atom. The summed E-state index contributed by atoms with van der Waals surface area (Å²) in [7, 11) is 1.63. The second-order valence-corrected chi connectivity index (χ2v) is 4.58. The molecule has 0 aliphatic carbocycles. The van der Waals surface area contributed by atoms with E-state index >= 15 is 0 Å². The van der Waals surface area contributed by atoms with Crippen molar-refractivity contribution in [1.82, 2.24) is 9.55 Å². The molecule has 0 spiro atoms. The van der Waals surface area contributed by atoms with E-state index in [9.17, 15) is 9.90 Å². The number of aldehydes is 1. The lowest BCUT2D eigenvalue weighted by Crippen LogP contribution is -2.04. The molecule has 1 aromatic heterocycles. The minimum absolute atomic E-state index is 0.0701. The van der Waals surface area contributed by atoms with Crippen molar-refractivity contribution in [3.05, 3.63) is 35.5 Å². The van der Waals surface area contributed by atoms with Crippen molar-refractivity contribution in [2.75, 3.05) is 13.7 Å². The SMILES string of the molecule is COCCCn1c(-c2ccccc2C)nc(C=O)c1O. The molecule has 0 unspecified atom stereocenters. The number of nitrogens with zero attached hydrogens (tertiary/aromatic N) is 2. The van der Waals surface area contributed by atoms with Crippen LogP contribution >= 0.6 is 0 Å². The third-order valence-electron chi connectivity index (χ3n) is 3.19. The fraction of sp³-hybridized carbons (Fsp3) is 0.333. The number of imidazole rings is 1. The Balaban J connectivity index is 2.46. The zero-order valence-corrected chi connectivity index (χ0v) is 11.7. The molecule has 0 amide bonds. The normalized spacial score (nSPS) is 10.7. The zero-order valence-electron chi connectivity index (χ0n) is 11.7. The highest BCUT2D eigenvalue weighted by Crippen LogP contribution is 2.28. The molecule has 0 fully saturated rings. The van der Waals surface area contributed by atoms with E-state index in [1.807, 2.05) is 31.2 Å². The van der Waals surface area contributed by atoms with Crippen LogP contribution in [-0.2, 0) is 11.3 Å². The van der Waals surface area contributed by atoms with Gasteiger partial charge in [-0.15, -0.1) is 0 Å². The van der Waals surface area contributed by atoms with Crippen LogP contribution < -0.4 is 0 Å². The fourth-order valence-corrected chi connectivity index (χ4v) is 2.15. The van der Waals surface area contributed by atoms with Crippen LogP contribution in [0, 0.1) is 6.92 Å². The highest BCUT2D eigenvalue weighted by atomic mass is 16.5. The lowest BCUT2D eigenvalue weighted by Gasteiger charge is -2.10. The van der Waals surface area contributed by atoms with E-state index in [0.29, 0.717) is 25.3 Å². The topological polar surface area (TPSA) is 64.4 Å². The minimum Gasteiger partial charge on any atom is -0.493 e. The maximum Gasteiger partial charge on any atom is 0.222 e. The van der Waals surface area contributed by atoms with Gasteiger partial charge in [-0.1, -0.05) is 24.3 Å². The fourth-order valence-electron chi connectivity index (χ4n) is 2.15. The van der Waals surface area contributed by atoms with Crippen LogP contribution in [0.2, 0.25) is 0 Å². The quantitative estimate of drug-likeness (QED) is 0.649. The molecular formula is C15H18N2O3. The average molecular weight is 274 g/mol. The van der Waals surface area contributed by atoms with Crippen molar-refractivity contribution in [2.45, 2.75) is 19.9 Å². The summed E-state index contributed by atoms with van der Waals surface area (Å²) in [5, 5.41) is 10.1. The summed E-state index contributed by atoms with van der Waals surface area (Å²) in [6.07, 6.45) is 1.31. The summed E-state index contributed by atoms with van der Waals surface area (Å²) >= 11 is 0. The summed E-state index contributed by atoms with van der Waals surface area (Å²) in [6, 6.07) is 7.76. The standard InChI is InChI=1S/C15H18N2O3/c1-11-6-3-4-7-12(11)14-16-13(10-18)15(19)17(14)8-5-9-20-2/h3-4,6-7,10,19H,5,8-9H2,1-2H3. The Labute approximate surface area is 117 Å². The molecule has 106 valence electrons. The molecule has 5 heteroatoms. The number of carbonyl (C=O) groups excluding carboxylic acids is 1. The van der Waals surface area contributed by atoms with Gasteiger partial charge < -0.3 is 9.84 Å². The van der Waals surface area contributed by atoms with E-state index in [1.54, 1.807) is 11.7 Å². The molecule has 2 aromatic rings. The monoisotopic (exact) mass is 274 g/mol. The van der Waals surface area contributed by atoms with E-state index in [4.69, 9.17) is 4.74 Å². The van der Waals surface area contributed by atoms with E-state index in [2.05, 4.69) is 4.98 Å². The van der Waals surface area contributed by atoms with E-state index in [-0.39, 0.29) is 11.6 Å². The van der Waals surface area contributed by atoms with Crippen molar-refractivity contribution in [3.63, 3.8) is 0 Å². The van der Waals surface area contributed by atoms with Crippen LogP contribution in [0.25, 0.3) is 11.4 Å². The van der Waals surface area contributed by atoms with Crippen LogP contribution in [0.4, 0.5) is 0 Å². The second kappa shape index (κ2) is 6.34. The molecule has 1 N–H and O–H groups in total. The molecule has 0 saturated heterocycles. The minimum atomic E-state index is -0.0886. The van der Waals surface area contributed by atoms with Gasteiger partial charge in [-0.25, -0.2) is 4.98 Å². The molecule has 0 bridgehead atoms. The predicted molar refractivity (Wildman–Crippen MR) is 75.9 cm³/mol. The Morgan fingerprint density at radius 3 is 2.80 bits per heavy atom. The van der Waals surface area contributed by atoms with E-state index in [0.717, 1.165) is 17.5 Å². The first-order valence-corrected chi connectivity index (χ1v) is 6.48. The molecule has 5 nitrogen and oxygen atoms in total. The predicted octanol–water partition coefficient (Wildman–Crippen LogP) is 2.41. The number of aromatic nitrogens is 2. The number of aryl methyl sites for hydroxylation is 1. The van der Waals surface area contributed by atoms with Crippen LogP contribution in [0.15, 0.2) is 24.3 Å². The van der Waals surface area contributed by atoms with Gasteiger partial charge in [-0.2, -0.15) is 0 Å². The summed E-state index contributed by atoms with van der Waals surface area (Å²) in [5.74, 6) is 0.521. The molecule has 1 aromatic carbocycles. The largest absolute Gasteiger partial charge is 0.493 e. The number of hydrogen-bond acceptors (Lipinski definition) is 4. The van der Waals surface area contributed by atoms with Crippen molar-refractivity contribution in [2.24, 2.45) is 0 Å². The third kappa shape index (κ3) is 2.72. The molecular weight excluding hydrogens is 256 g/mol. The molecule has 0 atom stereocenters. The van der Waals surface area contributed by atoms with Crippen molar-refractivity contribution in [3.8, 4) is 17.3 Å². The number of benzene rings is 1. The Bertz CT molecular complexity index is 605. The van der Waals surface area contributed by atoms with Gasteiger partial charge in [0.1, 0.15) is 5.82 Å². The van der Waals surface area contributed by atoms with Crippen molar-refractivity contribution < 1.29 is 14.6 Å². The zero-order chi connectivity index (χ0) is 14.5. The van der Waals surface area contributed by atoms with Gasteiger partial charge in [0.25, 0.3) is 0 Å². The maximum absolute atomic E-state index is 11.0. The molecule has 0 saturated carbocycles. The lowest BCUT2D eigenvalue weighted by atomic mass is 10.1. The highest BCUT2D eigenvalue weighted by molar-refractivity contribution is 5.78. The first-order chi connectivity index (χ1) is 9.69. The van der Waals surface area contributed by atoms with Gasteiger partial charge in [0.15, 0.2) is 12.0 Å². The summed E-state index contributed by atoms with van der Waals surface area (Å²) in [4.78, 5) is 15.2. The molecule has 20 heavy (non-hydrogen) atoms. The van der Waals surface area contributed by atoms with Gasteiger partial charge >= 0.3 is 0 Å². The van der Waals surface area contributed by atoms with Gasteiger partial charge in [0.05, 0.1) is 0 Å². The van der Waals surface area contributed by atoms with E-state index in [1.165, 1.54) is 0 Å². The van der Waals surface area contributed by atoms with Gasteiger partial charge in [-0.05, 0) is 18.9 Å². The average Bonchev–Trinajstić information content (AvgIpc) is 2.77. The van der Waals surface area contributed by atoms with Crippen molar-refractivity contribution in [1.29, 1.82) is 0 Å². The first kappa shape index (κ1) is 14.3. The number of ether oxygens (including phenoxy) is 1. The number of carbonyl (C=O) groups is 1. The molecule has 2 rings (SSSR count). The molecule has 0 aliphatic heterocycles.